The Hall–Kier alpha value is -1.55. The van der Waals surface area contributed by atoms with Gasteiger partial charge in [-0.2, -0.15) is 8.78 Å². The zero-order valence-electron chi connectivity index (χ0n) is 13.1. The van der Waals surface area contributed by atoms with Gasteiger partial charge in [-0.15, -0.1) is 17.9 Å². The maximum Gasteiger partial charge on any atom is 0.269 e. The largest absolute Gasteiger partial charge is 0.269 e. The van der Waals surface area contributed by atoms with E-state index in [1.165, 1.54) is 11.6 Å². The predicted octanol–water partition coefficient (Wildman–Crippen LogP) is 6.84. The highest BCUT2D eigenvalue weighted by Crippen LogP contribution is 2.15. The van der Waals surface area contributed by atoms with Crippen molar-refractivity contribution in [3.8, 4) is 0 Å². The zero-order valence-corrected chi connectivity index (χ0v) is 13.9. The van der Waals surface area contributed by atoms with Crippen molar-refractivity contribution in [3.05, 3.63) is 53.6 Å². The molecule has 0 bridgehead atoms. The van der Waals surface area contributed by atoms with Crippen LogP contribution in [0.1, 0.15) is 40.5 Å². The van der Waals surface area contributed by atoms with Crippen LogP contribution in [0.25, 0.3) is 10.2 Å². The van der Waals surface area contributed by atoms with Crippen LogP contribution in [0.4, 0.5) is 8.78 Å². The summed E-state index contributed by atoms with van der Waals surface area (Å²) in [4.78, 5) is 4.14. The second-order valence-electron chi connectivity index (χ2n) is 4.32. The van der Waals surface area contributed by atoms with Gasteiger partial charge in [-0.1, -0.05) is 31.6 Å². The molecular weight excluding hydrogens is 288 g/mol. The van der Waals surface area contributed by atoms with Crippen molar-refractivity contribution in [2.75, 3.05) is 0 Å². The molecule has 2 rings (SSSR count). The van der Waals surface area contributed by atoms with E-state index in [0.717, 1.165) is 11.1 Å². The Labute approximate surface area is 130 Å². The molecule has 116 valence electrons. The van der Waals surface area contributed by atoms with Gasteiger partial charge in [-0.05, 0) is 44.4 Å². The normalized spacial score (nSPS) is 9.05. The van der Waals surface area contributed by atoms with E-state index < -0.39 is 6.08 Å². The highest BCUT2D eigenvalue weighted by atomic mass is 32.1. The van der Waals surface area contributed by atoms with Gasteiger partial charge in [0.2, 0.25) is 0 Å². The summed E-state index contributed by atoms with van der Waals surface area (Å²) in [7, 11) is 0. The number of hydrogen-bond donors (Lipinski definition) is 0. The molecule has 2 aromatic rings. The van der Waals surface area contributed by atoms with Crippen molar-refractivity contribution in [1.29, 1.82) is 0 Å². The molecule has 1 nitrogen and oxygen atoms in total. The molecule has 21 heavy (non-hydrogen) atoms. The molecule has 0 amide bonds. The fraction of sp³-hybridized carbons (Fsp3) is 0.353. The van der Waals surface area contributed by atoms with Crippen LogP contribution in [0.5, 0.6) is 0 Å². The molecule has 0 aliphatic carbocycles. The Morgan fingerprint density at radius 2 is 1.76 bits per heavy atom. The average Bonchev–Trinajstić information content (AvgIpc) is 2.95. The molecule has 0 atom stereocenters. The number of fused-ring (bicyclic) bond motifs is 1. The maximum atomic E-state index is 11.7. The molecule has 0 saturated carbocycles. The molecule has 1 aromatic heterocycles. The summed E-state index contributed by atoms with van der Waals surface area (Å²) < 4.78 is 24.7. The smallest absolute Gasteiger partial charge is 0.245 e. The lowest BCUT2D eigenvalue weighted by Crippen LogP contribution is -1.80. The van der Waals surface area contributed by atoms with Crippen molar-refractivity contribution in [1.82, 2.24) is 4.98 Å². The Balaban J connectivity index is 0.000000341. The summed E-state index contributed by atoms with van der Waals surface area (Å²) in [6.07, 6.45) is -0.470. The highest BCUT2D eigenvalue weighted by molar-refractivity contribution is 7.16. The van der Waals surface area contributed by atoms with Crippen molar-refractivity contribution in [3.63, 3.8) is 0 Å². The third kappa shape index (κ3) is 8.35. The van der Waals surface area contributed by atoms with E-state index in [2.05, 4.69) is 17.6 Å². The van der Waals surface area contributed by atoms with E-state index >= 15 is 0 Å². The first kappa shape index (κ1) is 19.4. The molecule has 0 spiro atoms. The Morgan fingerprint density at radius 1 is 1.14 bits per heavy atom. The van der Waals surface area contributed by atoms with E-state index in [1.807, 2.05) is 44.5 Å². The minimum atomic E-state index is -1.55. The molecule has 0 fully saturated rings. The van der Waals surface area contributed by atoms with Crippen LogP contribution in [0.15, 0.2) is 53.6 Å². The third-order valence-electron chi connectivity index (χ3n) is 2.49. The van der Waals surface area contributed by atoms with Crippen LogP contribution in [-0.4, -0.2) is 4.98 Å². The number of allylic oxidation sites excluding steroid dienone is 2. The summed E-state index contributed by atoms with van der Waals surface area (Å²) in [5.41, 5.74) is 4.08. The summed E-state index contributed by atoms with van der Waals surface area (Å²) in [6.45, 7) is 10.9. The van der Waals surface area contributed by atoms with Gasteiger partial charge in [0, 0.05) is 0 Å². The second-order valence-corrected chi connectivity index (χ2v) is 5.20. The second kappa shape index (κ2) is 11.1. The minimum absolute atomic E-state index is 0.169. The van der Waals surface area contributed by atoms with Crippen molar-refractivity contribution in [2.45, 2.75) is 40.5 Å². The van der Waals surface area contributed by atoms with E-state index in [9.17, 15) is 8.78 Å². The zero-order chi connectivity index (χ0) is 16.3. The SMILES string of the molecule is C=C(C)CCC(C)=C(F)F.CC.c1ccc2scnc2c1. The average molecular weight is 311 g/mol. The van der Waals surface area contributed by atoms with E-state index in [4.69, 9.17) is 0 Å². The van der Waals surface area contributed by atoms with Crippen molar-refractivity contribution in [2.24, 2.45) is 0 Å². The van der Waals surface area contributed by atoms with Crippen LogP contribution in [-0.2, 0) is 0 Å². The number of benzene rings is 1. The molecule has 0 unspecified atom stereocenters. The molecular formula is C17H23F2NS. The van der Waals surface area contributed by atoms with Gasteiger partial charge >= 0.3 is 0 Å². The fourth-order valence-electron chi connectivity index (χ4n) is 1.30. The number of aromatic nitrogens is 1. The molecule has 4 heteroatoms. The molecule has 0 N–H and O–H groups in total. The molecule has 0 radical (unpaired) electrons. The van der Waals surface area contributed by atoms with Gasteiger partial charge in [0.1, 0.15) is 0 Å². The summed E-state index contributed by atoms with van der Waals surface area (Å²) >= 11 is 1.68. The lowest BCUT2D eigenvalue weighted by atomic mass is 10.1. The number of halogens is 2. The van der Waals surface area contributed by atoms with Gasteiger partial charge in [0.05, 0.1) is 15.7 Å². The van der Waals surface area contributed by atoms with Crippen LogP contribution in [0.3, 0.4) is 0 Å². The summed E-state index contributed by atoms with van der Waals surface area (Å²) in [5, 5.41) is 0. The van der Waals surface area contributed by atoms with E-state index in [0.29, 0.717) is 12.8 Å². The van der Waals surface area contributed by atoms with Gasteiger partial charge in [-0.25, -0.2) is 4.98 Å². The van der Waals surface area contributed by atoms with Crippen LogP contribution in [0, 0.1) is 0 Å². The van der Waals surface area contributed by atoms with Crippen molar-refractivity contribution < 1.29 is 8.78 Å². The third-order valence-corrected chi connectivity index (χ3v) is 3.30. The van der Waals surface area contributed by atoms with E-state index in [-0.39, 0.29) is 5.57 Å². The lowest BCUT2D eigenvalue weighted by Gasteiger charge is -1.97. The Morgan fingerprint density at radius 3 is 2.29 bits per heavy atom. The highest BCUT2D eigenvalue weighted by Gasteiger charge is 1.98. The summed E-state index contributed by atoms with van der Waals surface area (Å²) in [5.74, 6) is 0. The number of hydrogen-bond acceptors (Lipinski definition) is 2. The topological polar surface area (TPSA) is 12.9 Å². The van der Waals surface area contributed by atoms with Crippen LogP contribution < -0.4 is 0 Å². The molecule has 1 aromatic carbocycles. The molecule has 0 aliphatic heterocycles. The van der Waals surface area contributed by atoms with Crippen molar-refractivity contribution >= 4 is 21.6 Å². The molecule has 0 aliphatic rings. The minimum Gasteiger partial charge on any atom is -0.245 e. The van der Waals surface area contributed by atoms with Gasteiger partial charge in [0.25, 0.3) is 6.08 Å². The number of thiazole rings is 1. The number of rotatable bonds is 3. The fourth-order valence-corrected chi connectivity index (χ4v) is 1.98. The quantitative estimate of drug-likeness (QED) is 0.566. The monoisotopic (exact) mass is 311 g/mol. The Kier molecular flexibility index (Phi) is 10.3. The number of nitrogens with zero attached hydrogens (tertiary/aromatic N) is 1. The maximum absolute atomic E-state index is 11.7. The first-order valence-corrected chi connectivity index (χ1v) is 7.82. The standard InChI is InChI=1S/C8H12F2.C7H5NS.C2H6/c1-6(2)4-5-7(3)8(9)10;1-2-4-7-6(3-1)8-5-9-7;1-2/h1,4-5H2,2-3H3;1-5H;1-2H3. The number of para-hydroxylation sites is 1. The first-order valence-electron chi connectivity index (χ1n) is 6.94. The van der Waals surface area contributed by atoms with Gasteiger partial charge in [0.15, 0.2) is 0 Å². The van der Waals surface area contributed by atoms with Crippen LogP contribution in [0.2, 0.25) is 0 Å². The van der Waals surface area contributed by atoms with E-state index in [1.54, 1.807) is 11.3 Å². The Bertz CT molecular complexity index is 539. The van der Waals surface area contributed by atoms with Crippen LogP contribution >= 0.6 is 11.3 Å². The van der Waals surface area contributed by atoms with Gasteiger partial charge < -0.3 is 0 Å². The summed E-state index contributed by atoms with van der Waals surface area (Å²) in [6, 6.07) is 8.13. The predicted molar refractivity (Wildman–Crippen MR) is 89.9 cm³/mol. The molecule has 1 heterocycles. The molecule has 0 saturated heterocycles. The lowest BCUT2D eigenvalue weighted by molar-refractivity contribution is 0.408. The first-order chi connectivity index (χ1) is 10.0. The van der Waals surface area contributed by atoms with Gasteiger partial charge in [-0.3, -0.25) is 0 Å².